The third-order valence-electron chi connectivity index (χ3n) is 3.21. The molecule has 0 aliphatic heterocycles. The second kappa shape index (κ2) is 4.24. The van der Waals surface area contributed by atoms with Crippen LogP contribution in [-0.4, -0.2) is 14.8 Å². The van der Waals surface area contributed by atoms with E-state index in [2.05, 4.69) is 10.1 Å². The van der Waals surface area contributed by atoms with E-state index in [1.807, 2.05) is 42.8 Å². The van der Waals surface area contributed by atoms with Crippen LogP contribution in [-0.2, 0) is 0 Å². The quantitative estimate of drug-likeness (QED) is 0.692. The number of hydrogen-bond donors (Lipinski definition) is 1. The Morgan fingerprint density at radius 3 is 2.68 bits per heavy atom. The first kappa shape index (κ1) is 12.0. The van der Waals surface area contributed by atoms with Gasteiger partial charge >= 0.3 is 0 Å². The van der Waals surface area contributed by atoms with E-state index in [1.54, 1.807) is 6.20 Å². The van der Waals surface area contributed by atoms with Gasteiger partial charge in [0.1, 0.15) is 0 Å². The predicted molar refractivity (Wildman–Crippen MR) is 77.8 cm³/mol. The molecule has 0 fully saturated rings. The van der Waals surface area contributed by atoms with Gasteiger partial charge in [0.25, 0.3) is 0 Å². The molecule has 2 heterocycles. The average molecular weight is 273 g/mol. The van der Waals surface area contributed by atoms with Gasteiger partial charge in [-0.15, -0.1) is 0 Å². The van der Waals surface area contributed by atoms with Crippen LogP contribution in [0, 0.1) is 13.8 Å². The fourth-order valence-corrected chi connectivity index (χ4v) is 2.34. The van der Waals surface area contributed by atoms with E-state index in [0.29, 0.717) is 10.7 Å². The van der Waals surface area contributed by atoms with E-state index >= 15 is 0 Å². The standard InChI is InChI=1S/C14H13ClN4/c1-8-13(15)9(2)19(18-8)12-6-5-11(16)14-10(12)4-3-7-17-14/h3-7H,16H2,1-2H3. The Hall–Kier alpha value is -2.07. The molecule has 1 aromatic carbocycles. The highest BCUT2D eigenvalue weighted by molar-refractivity contribution is 6.31. The molecule has 19 heavy (non-hydrogen) atoms. The van der Waals surface area contributed by atoms with Crippen molar-refractivity contribution in [3.05, 3.63) is 46.9 Å². The number of aromatic nitrogens is 3. The number of aryl methyl sites for hydroxylation is 1. The van der Waals surface area contributed by atoms with Crippen molar-refractivity contribution < 1.29 is 0 Å². The molecule has 0 saturated heterocycles. The van der Waals surface area contributed by atoms with E-state index in [9.17, 15) is 0 Å². The van der Waals surface area contributed by atoms with Crippen LogP contribution < -0.4 is 5.73 Å². The van der Waals surface area contributed by atoms with Gasteiger partial charge in [-0.2, -0.15) is 5.10 Å². The molecular weight excluding hydrogens is 260 g/mol. The number of nitrogen functional groups attached to an aromatic ring is 1. The molecule has 0 spiro atoms. The highest BCUT2D eigenvalue weighted by atomic mass is 35.5. The van der Waals surface area contributed by atoms with Crippen molar-refractivity contribution in [2.45, 2.75) is 13.8 Å². The minimum atomic E-state index is 0.659. The number of rotatable bonds is 1. The molecule has 0 radical (unpaired) electrons. The van der Waals surface area contributed by atoms with Crippen LogP contribution in [0.5, 0.6) is 0 Å². The fourth-order valence-electron chi connectivity index (χ4n) is 2.22. The van der Waals surface area contributed by atoms with Crippen molar-refractivity contribution in [2.24, 2.45) is 0 Å². The maximum atomic E-state index is 6.21. The molecule has 0 saturated carbocycles. The van der Waals surface area contributed by atoms with E-state index in [4.69, 9.17) is 17.3 Å². The summed E-state index contributed by atoms with van der Waals surface area (Å²) in [6.07, 6.45) is 1.73. The van der Waals surface area contributed by atoms with Crippen molar-refractivity contribution in [1.82, 2.24) is 14.8 Å². The molecule has 0 atom stereocenters. The lowest BCUT2D eigenvalue weighted by Crippen LogP contribution is -2.01. The molecule has 96 valence electrons. The van der Waals surface area contributed by atoms with Crippen LogP contribution in [0.1, 0.15) is 11.4 Å². The molecule has 0 aliphatic rings. The van der Waals surface area contributed by atoms with Crippen LogP contribution in [0.3, 0.4) is 0 Å². The molecule has 5 heteroatoms. The second-order valence-corrected chi connectivity index (χ2v) is 4.85. The normalized spacial score (nSPS) is 11.1. The number of pyridine rings is 1. The Bertz CT molecular complexity index is 776. The average Bonchev–Trinajstić information content (AvgIpc) is 2.67. The lowest BCUT2D eigenvalue weighted by molar-refractivity contribution is 0.839. The van der Waals surface area contributed by atoms with Gasteiger partial charge < -0.3 is 5.73 Å². The predicted octanol–water partition coefficient (Wildman–Crippen LogP) is 3.27. The van der Waals surface area contributed by atoms with E-state index in [0.717, 1.165) is 28.0 Å². The highest BCUT2D eigenvalue weighted by Gasteiger charge is 2.13. The summed E-state index contributed by atoms with van der Waals surface area (Å²) in [7, 11) is 0. The van der Waals surface area contributed by atoms with Gasteiger partial charge in [-0.1, -0.05) is 11.6 Å². The van der Waals surface area contributed by atoms with Gasteiger partial charge in [-0.05, 0) is 38.1 Å². The van der Waals surface area contributed by atoms with Gasteiger partial charge in [-0.25, -0.2) is 4.68 Å². The van der Waals surface area contributed by atoms with Gasteiger partial charge in [0.2, 0.25) is 0 Å². The van der Waals surface area contributed by atoms with Crippen molar-refractivity contribution in [3.63, 3.8) is 0 Å². The maximum absolute atomic E-state index is 6.21. The van der Waals surface area contributed by atoms with E-state index in [1.165, 1.54) is 0 Å². The Morgan fingerprint density at radius 2 is 2.00 bits per heavy atom. The summed E-state index contributed by atoms with van der Waals surface area (Å²) < 4.78 is 1.83. The number of hydrogen-bond acceptors (Lipinski definition) is 3. The summed E-state index contributed by atoms with van der Waals surface area (Å²) in [6.45, 7) is 3.84. The van der Waals surface area contributed by atoms with E-state index < -0.39 is 0 Å². The summed E-state index contributed by atoms with van der Waals surface area (Å²) >= 11 is 6.21. The van der Waals surface area contributed by atoms with Crippen molar-refractivity contribution in [3.8, 4) is 5.69 Å². The zero-order valence-electron chi connectivity index (χ0n) is 10.7. The van der Waals surface area contributed by atoms with Gasteiger partial charge in [-0.3, -0.25) is 4.98 Å². The van der Waals surface area contributed by atoms with Crippen molar-refractivity contribution >= 4 is 28.2 Å². The summed E-state index contributed by atoms with van der Waals surface area (Å²) in [5.41, 5.74) is 10.1. The second-order valence-electron chi connectivity index (χ2n) is 4.47. The molecule has 3 rings (SSSR count). The fraction of sp³-hybridized carbons (Fsp3) is 0.143. The molecular formula is C14H13ClN4. The Balaban J connectivity index is 2.37. The van der Waals surface area contributed by atoms with Crippen LogP contribution in [0.2, 0.25) is 5.02 Å². The first-order valence-electron chi connectivity index (χ1n) is 5.95. The van der Waals surface area contributed by atoms with Gasteiger partial charge in [0.05, 0.1) is 33.3 Å². The minimum Gasteiger partial charge on any atom is -0.397 e. The molecule has 0 bridgehead atoms. The summed E-state index contributed by atoms with van der Waals surface area (Å²) in [6, 6.07) is 7.65. The van der Waals surface area contributed by atoms with Crippen LogP contribution >= 0.6 is 11.6 Å². The summed E-state index contributed by atoms with van der Waals surface area (Å²) in [5, 5.41) is 6.13. The van der Waals surface area contributed by atoms with Crippen molar-refractivity contribution in [1.29, 1.82) is 0 Å². The lowest BCUT2D eigenvalue weighted by Gasteiger charge is -2.09. The van der Waals surface area contributed by atoms with E-state index in [-0.39, 0.29) is 0 Å². The zero-order chi connectivity index (χ0) is 13.6. The number of benzene rings is 1. The van der Waals surface area contributed by atoms with Gasteiger partial charge in [0, 0.05) is 11.6 Å². The molecule has 0 aliphatic carbocycles. The number of nitrogens with two attached hydrogens (primary N) is 1. The first-order valence-corrected chi connectivity index (χ1v) is 6.32. The van der Waals surface area contributed by atoms with Crippen LogP contribution in [0.25, 0.3) is 16.6 Å². The zero-order valence-corrected chi connectivity index (χ0v) is 11.4. The molecule has 2 N–H and O–H groups in total. The minimum absolute atomic E-state index is 0.659. The Labute approximate surface area is 115 Å². The molecule has 3 aromatic rings. The largest absolute Gasteiger partial charge is 0.397 e. The first-order chi connectivity index (χ1) is 9.09. The number of anilines is 1. The van der Waals surface area contributed by atoms with Crippen LogP contribution in [0.4, 0.5) is 5.69 Å². The third-order valence-corrected chi connectivity index (χ3v) is 3.76. The Morgan fingerprint density at radius 1 is 1.21 bits per heavy atom. The lowest BCUT2D eigenvalue weighted by atomic mass is 10.1. The highest BCUT2D eigenvalue weighted by Crippen LogP contribution is 2.28. The number of nitrogens with zero attached hydrogens (tertiary/aromatic N) is 3. The third kappa shape index (κ3) is 1.76. The summed E-state index contributed by atoms with van der Waals surface area (Å²) in [5.74, 6) is 0. The molecule has 0 unspecified atom stereocenters. The Kier molecular flexibility index (Phi) is 2.68. The molecule has 4 nitrogen and oxygen atoms in total. The smallest absolute Gasteiger partial charge is 0.0952 e. The van der Waals surface area contributed by atoms with Crippen molar-refractivity contribution in [2.75, 3.05) is 5.73 Å². The molecule has 0 amide bonds. The topological polar surface area (TPSA) is 56.7 Å². The summed E-state index contributed by atoms with van der Waals surface area (Å²) in [4.78, 5) is 4.33. The maximum Gasteiger partial charge on any atom is 0.0952 e. The number of halogens is 1. The monoisotopic (exact) mass is 272 g/mol. The SMILES string of the molecule is Cc1nn(-c2ccc(N)c3ncccc23)c(C)c1Cl. The van der Waals surface area contributed by atoms with Crippen LogP contribution in [0.15, 0.2) is 30.5 Å². The number of fused-ring (bicyclic) bond motifs is 1. The molecule has 2 aromatic heterocycles. The van der Waals surface area contributed by atoms with Gasteiger partial charge in [0.15, 0.2) is 0 Å².